The molecule has 2 heterocycles. The van der Waals surface area contributed by atoms with E-state index in [4.69, 9.17) is 10.5 Å². The fourth-order valence-corrected chi connectivity index (χ4v) is 4.05. The topological polar surface area (TPSA) is 72.6 Å². The van der Waals surface area contributed by atoms with E-state index in [0.29, 0.717) is 11.3 Å². The zero-order valence-electron chi connectivity index (χ0n) is 13.5. The predicted octanol–water partition coefficient (Wildman–Crippen LogP) is 2.76. The van der Waals surface area contributed by atoms with Crippen LogP contribution in [-0.4, -0.2) is 29.9 Å². The smallest absolute Gasteiger partial charge is 0.255 e. The molecule has 0 spiro atoms. The standard InChI is InChI=1S/C18H20N2O3S/c1-2-15-14-7-9-24-16(14)6-8-20(15)18(22)12-4-3-5-13(10-12)23-11-17(19)21/h3-5,7,9-10,15H,2,6,8,11H2,1H3,(H2,19,21)/t15-/m0/s1. The average molecular weight is 344 g/mol. The van der Waals surface area contributed by atoms with Gasteiger partial charge >= 0.3 is 0 Å². The van der Waals surface area contributed by atoms with E-state index in [-0.39, 0.29) is 18.6 Å². The summed E-state index contributed by atoms with van der Waals surface area (Å²) in [5, 5.41) is 2.10. The molecule has 2 N–H and O–H groups in total. The third-order valence-corrected chi connectivity index (χ3v) is 5.20. The number of amides is 2. The molecule has 0 saturated heterocycles. The molecule has 1 atom stereocenters. The molecule has 6 heteroatoms. The average Bonchev–Trinajstić information content (AvgIpc) is 3.07. The fourth-order valence-electron chi connectivity index (χ4n) is 3.12. The minimum atomic E-state index is -0.543. The molecule has 0 saturated carbocycles. The van der Waals surface area contributed by atoms with E-state index in [9.17, 15) is 9.59 Å². The van der Waals surface area contributed by atoms with Crippen molar-refractivity contribution in [2.45, 2.75) is 25.8 Å². The number of primary amides is 1. The normalized spacial score (nSPS) is 16.5. The molecule has 0 aliphatic carbocycles. The van der Waals surface area contributed by atoms with Gasteiger partial charge in [-0.3, -0.25) is 9.59 Å². The zero-order valence-corrected chi connectivity index (χ0v) is 14.3. The molecular weight excluding hydrogens is 324 g/mol. The van der Waals surface area contributed by atoms with Crippen molar-refractivity contribution in [2.24, 2.45) is 5.73 Å². The Kier molecular flexibility index (Phi) is 4.85. The Morgan fingerprint density at radius 2 is 2.21 bits per heavy atom. The quantitative estimate of drug-likeness (QED) is 0.906. The van der Waals surface area contributed by atoms with Gasteiger partial charge in [0.15, 0.2) is 6.61 Å². The summed E-state index contributed by atoms with van der Waals surface area (Å²) in [6.45, 7) is 2.62. The van der Waals surface area contributed by atoms with Crippen LogP contribution < -0.4 is 10.5 Å². The summed E-state index contributed by atoms with van der Waals surface area (Å²) >= 11 is 1.76. The van der Waals surface area contributed by atoms with Gasteiger partial charge in [-0.2, -0.15) is 0 Å². The molecule has 0 radical (unpaired) electrons. The summed E-state index contributed by atoms with van der Waals surface area (Å²) in [5.74, 6) is -0.0806. The van der Waals surface area contributed by atoms with Gasteiger partial charge in [-0.15, -0.1) is 11.3 Å². The lowest BCUT2D eigenvalue weighted by Gasteiger charge is -2.35. The van der Waals surface area contributed by atoms with Crippen molar-refractivity contribution in [3.8, 4) is 5.75 Å². The summed E-state index contributed by atoms with van der Waals surface area (Å²) in [7, 11) is 0. The first-order valence-corrected chi connectivity index (χ1v) is 8.86. The van der Waals surface area contributed by atoms with Gasteiger partial charge in [0.05, 0.1) is 6.04 Å². The Balaban J connectivity index is 1.81. The summed E-state index contributed by atoms with van der Waals surface area (Å²) in [5.41, 5.74) is 6.92. The van der Waals surface area contributed by atoms with Gasteiger partial charge in [-0.1, -0.05) is 13.0 Å². The third kappa shape index (κ3) is 3.28. The van der Waals surface area contributed by atoms with Crippen molar-refractivity contribution >= 4 is 23.2 Å². The molecule has 0 unspecified atom stereocenters. The summed E-state index contributed by atoms with van der Waals surface area (Å²) in [4.78, 5) is 27.1. The third-order valence-electron chi connectivity index (χ3n) is 4.20. The number of nitrogens with two attached hydrogens (primary N) is 1. The second-order valence-electron chi connectivity index (χ2n) is 5.75. The van der Waals surface area contributed by atoms with E-state index < -0.39 is 5.91 Å². The van der Waals surface area contributed by atoms with E-state index in [1.54, 1.807) is 35.6 Å². The molecule has 24 heavy (non-hydrogen) atoms. The molecule has 5 nitrogen and oxygen atoms in total. The van der Waals surface area contributed by atoms with Crippen LogP contribution in [0.5, 0.6) is 5.75 Å². The second kappa shape index (κ2) is 7.05. The van der Waals surface area contributed by atoms with Crippen LogP contribution in [-0.2, 0) is 11.2 Å². The monoisotopic (exact) mass is 344 g/mol. The minimum absolute atomic E-state index is 0.0109. The Labute approximate surface area is 145 Å². The Bertz CT molecular complexity index is 756. The number of hydrogen-bond acceptors (Lipinski definition) is 4. The maximum Gasteiger partial charge on any atom is 0.255 e. The minimum Gasteiger partial charge on any atom is -0.484 e. The van der Waals surface area contributed by atoms with E-state index in [0.717, 1.165) is 19.4 Å². The van der Waals surface area contributed by atoms with Gasteiger partial charge < -0.3 is 15.4 Å². The Morgan fingerprint density at radius 3 is 2.96 bits per heavy atom. The van der Waals surface area contributed by atoms with Crippen molar-refractivity contribution in [1.29, 1.82) is 0 Å². The van der Waals surface area contributed by atoms with Crippen LogP contribution in [0.3, 0.4) is 0 Å². The van der Waals surface area contributed by atoms with Crippen LogP contribution in [0.4, 0.5) is 0 Å². The highest BCUT2D eigenvalue weighted by Crippen LogP contribution is 2.36. The van der Waals surface area contributed by atoms with Gasteiger partial charge in [0.2, 0.25) is 0 Å². The molecule has 1 aromatic carbocycles. The van der Waals surface area contributed by atoms with Gasteiger partial charge in [0.25, 0.3) is 11.8 Å². The molecule has 1 aromatic heterocycles. The van der Waals surface area contributed by atoms with Crippen LogP contribution in [0.25, 0.3) is 0 Å². The lowest BCUT2D eigenvalue weighted by Crippen LogP contribution is -2.39. The highest BCUT2D eigenvalue weighted by Gasteiger charge is 2.30. The summed E-state index contributed by atoms with van der Waals surface area (Å²) in [6.07, 6.45) is 1.78. The van der Waals surface area contributed by atoms with E-state index in [2.05, 4.69) is 18.4 Å². The number of benzene rings is 1. The number of rotatable bonds is 5. The maximum atomic E-state index is 13.0. The van der Waals surface area contributed by atoms with Crippen LogP contribution >= 0.6 is 11.3 Å². The maximum absolute atomic E-state index is 13.0. The first-order valence-electron chi connectivity index (χ1n) is 7.98. The van der Waals surface area contributed by atoms with Crippen LogP contribution in [0.2, 0.25) is 0 Å². The number of thiophene rings is 1. The Morgan fingerprint density at radius 1 is 1.38 bits per heavy atom. The highest BCUT2D eigenvalue weighted by molar-refractivity contribution is 7.10. The number of carbonyl (C=O) groups is 2. The Hall–Kier alpha value is -2.34. The van der Waals surface area contributed by atoms with E-state index in [1.165, 1.54) is 10.4 Å². The largest absolute Gasteiger partial charge is 0.484 e. The number of nitrogens with zero attached hydrogens (tertiary/aromatic N) is 1. The van der Waals surface area contributed by atoms with E-state index >= 15 is 0 Å². The molecule has 2 amide bonds. The number of hydrogen-bond donors (Lipinski definition) is 1. The van der Waals surface area contributed by atoms with Gasteiger partial charge in [0, 0.05) is 17.0 Å². The fraction of sp³-hybridized carbons (Fsp3) is 0.333. The second-order valence-corrected chi connectivity index (χ2v) is 6.76. The molecule has 1 aliphatic rings. The van der Waals surface area contributed by atoms with Crippen molar-refractivity contribution in [2.75, 3.05) is 13.2 Å². The summed E-state index contributed by atoms with van der Waals surface area (Å²) in [6, 6.07) is 9.15. The number of ether oxygens (including phenoxy) is 1. The number of carbonyl (C=O) groups excluding carboxylic acids is 2. The molecule has 126 valence electrons. The lowest BCUT2D eigenvalue weighted by molar-refractivity contribution is -0.119. The van der Waals surface area contributed by atoms with Crippen LogP contribution in [0, 0.1) is 0 Å². The van der Waals surface area contributed by atoms with Crippen molar-refractivity contribution in [1.82, 2.24) is 4.90 Å². The van der Waals surface area contributed by atoms with Gasteiger partial charge in [-0.25, -0.2) is 0 Å². The van der Waals surface area contributed by atoms with Crippen LogP contribution in [0.15, 0.2) is 35.7 Å². The molecule has 3 rings (SSSR count). The van der Waals surface area contributed by atoms with Crippen molar-refractivity contribution < 1.29 is 14.3 Å². The van der Waals surface area contributed by atoms with Crippen LogP contribution in [0.1, 0.15) is 40.2 Å². The first kappa shape index (κ1) is 16.5. The van der Waals surface area contributed by atoms with Gasteiger partial charge in [-0.05, 0) is 48.1 Å². The molecule has 0 fully saturated rings. The van der Waals surface area contributed by atoms with E-state index in [1.807, 2.05) is 4.90 Å². The molecule has 0 bridgehead atoms. The molecule has 1 aliphatic heterocycles. The van der Waals surface area contributed by atoms with Crippen molar-refractivity contribution in [3.05, 3.63) is 51.7 Å². The SMILES string of the molecule is CC[C@H]1c2ccsc2CCN1C(=O)c1cccc(OCC(N)=O)c1. The number of fused-ring (bicyclic) bond motifs is 1. The zero-order chi connectivity index (χ0) is 17.1. The molecule has 2 aromatic rings. The first-order chi connectivity index (χ1) is 11.6. The lowest BCUT2D eigenvalue weighted by atomic mass is 9.97. The summed E-state index contributed by atoms with van der Waals surface area (Å²) < 4.78 is 5.30. The van der Waals surface area contributed by atoms with Crippen molar-refractivity contribution in [3.63, 3.8) is 0 Å². The predicted molar refractivity (Wildman–Crippen MR) is 93.2 cm³/mol. The molecular formula is C18H20N2O3S. The highest BCUT2D eigenvalue weighted by atomic mass is 32.1. The van der Waals surface area contributed by atoms with Gasteiger partial charge in [0.1, 0.15) is 5.75 Å².